The largest absolute Gasteiger partial charge is 0.294 e. The molecule has 0 aromatic heterocycles. The van der Waals surface area contributed by atoms with Crippen LogP contribution in [0.4, 0.5) is 11.4 Å². The monoisotopic (exact) mass is 206 g/mol. The molecular weight excluding hydrogens is 200 g/mol. The van der Waals surface area contributed by atoms with Crippen LogP contribution in [-0.2, 0) is 0 Å². The summed E-state index contributed by atoms with van der Waals surface area (Å²) in [6.07, 6.45) is 0. The Labute approximate surface area is 84.1 Å². The Kier molecular flexibility index (Phi) is 3.00. The number of rotatable bonds is 3. The summed E-state index contributed by atoms with van der Waals surface area (Å²) in [5.41, 5.74) is 7.98. The maximum Gasteiger partial charge on any atom is 0.280 e. The fraction of sp³-hybridized carbons (Fsp3) is 0.125. The quantitative estimate of drug-likeness (QED) is 0.189. The normalized spacial score (nSPS) is 9.13. The molecule has 7 nitrogen and oxygen atoms in total. The average Bonchev–Trinajstić information content (AvgIpc) is 2.17. The summed E-state index contributed by atoms with van der Waals surface area (Å²) < 4.78 is 0. The van der Waals surface area contributed by atoms with Gasteiger partial charge in [0.2, 0.25) is 0 Å². The molecule has 0 spiro atoms. The molecule has 7 heteroatoms. The van der Waals surface area contributed by atoms with Gasteiger partial charge in [-0.15, -0.1) is 0 Å². The average molecular weight is 206 g/mol. The van der Waals surface area contributed by atoms with Gasteiger partial charge in [-0.25, -0.2) is 0 Å². The van der Waals surface area contributed by atoms with Crippen LogP contribution in [-0.4, -0.2) is 10.7 Å². The zero-order chi connectivity index (χ0) is 11.4. The molecule has 0 aliphatic carbocycles. The third-order valence-electron chi connectivity index (χ3n) is 1.72. The second kappa shape index (κ2) is 4.21. The van der Waals surface area contributed by atoms with Gasteiger partial charge in [0.1, 0.15) is 0 Å². The highest BCUT2D eigenvalue weighted by atomic mass is 16.6. The smallest absolute Gasteiger partial charge is 0.280 e. The Bertz CT molecular complexity index is 477. The Morgan fingerprint density at radius 2 is 2.27 bits per heavy atom. The first-order valence-corrected chi connectivity index (χ1v) is 3.90. The van der Waals surface area contributed by atoms with E-state index in [0.717, 1.165) is 6.07 Å². The molecule has 0 radical (unpaired) electrons. The molecule has 0 aliphatic rings. The van der Waals surface area contributed by atoms with Crippen molar-refractivity contribution in [1.82, 2.24) is 0 Å². The van der Waals surface area contributed by atoms with Gasteiger partial charge in [0.15, 0.2) is 5.78 Å². The van der Waals surface area contributed by atoms with Crippen LogP contribution in [0.25, 0.3) is 10.4 Å². The number of benzene rings is 1. The van der Waals surface area contributed by atoms with Crippen molar-refractivity contribution in [2.24, 2.45) is 5.11 Å². The maximum atomic E-state index is 11.1. The molecule has 0 bridgehead atoms. The van der Waals surface area contributed by atoms with Gasteiger partial charge >= 0.3 is 0 Å². The number of Topliss-reactive ketones (excluding diaryl/α,β-unsaturated/α-hetero) is 1. The Morgan fingerprint density at radius 3 is 2.73 bits per heavy atom. The molecule has 1 rings (SSSR count). The SMILES string of the molecule is CC(=O)c1cc(N=[N+]=[N-])ccc1[N+](=O)[O-]. The number of carbonyl (C=O) groups is 1. The highest BCUT2D eigenvalue weighted by Gasteiger charge is 2.16. The summed E-state index contributed by atoms with van der Waals surface area (Å²) in [6.45, 7) is 1.21. The fourth-order valence-corrected chi connectivity index (χ4v) is 1.08. The van der Waals surface area contributed by atoms with Crippen molar-refractivity contribution in [3.63, 3.8) is 0 Å². The first-order chi connectivity index (χ1) is 7.06. The topological polar surface area (TPSA) is 109 Å². The molecule has 0 atom stereocenters. The van der Waals surface area contributed by atoms with Gasteiger partial charge in [0.05, 0.1) is 10.5 Å². The molecule has 0 aliphatic heterocycles. The Balaban J connectivity index is 3.39. The Hall–Kier alpha value is -2.40. The van der Waals surface area contributed by atoms with E-state index in [1.165, 1.54) is 19.1 Å². The molecule has 0 heterocycles. The van der Waals surface area contributed by atoms with Crippen molar-refractivity contribution in [3.05, 3.63) is 44.3 Å². The highest BCUT2D eigenvalue weighted by Crippen LogP contribution is 2.24. The van der Waals surface area contributed by atoms with Crippen LogP contribution in [0.2, 0.25) is 0 Å². The summed E-state index contributed by atoms with van der Waals surface area (Å²) in [5, 5.41) is 13.8. The van der Waals surface area contributed by atoms with Crippen LogP contribution in [0.15, 0.2) is 23.3 Å². The van der Waals surface area contributed by atoms with E-state index in [0.29, 0.717) is 0 Å². The first kappa shape index (κ1) is 10.7. The van der Waals surface area contributed by atoms with Crippen molar-refractivity contribution in [3.8, 4) is 0 Å². The number of nitrogens with zero attached hydrogens (tertiary/aromatic N) is 4. The van der Waals surface area contributed by atoms with Crippen LogP contribution in [0.1, 0.15) is 17.3 Å². The number of nitro benzene ring substituents is 1. The van der Waals surface area contributed by atoms with Crippen molar-refractivity contribution in [1.29, 1.82) is 0 Å². The predicted octanol–water partition coefficient (Wildman–Crippen LogP) is 2.74. The van der Waals surface area contributed by atoms with Gasteiger partial charge in [-0.3, -0.25) is 14.9 Å². The van der Waals surface area contributed by atoms with Crippen LogP contribution in [0.3, 0.4) is 0 Å². The number of nitro groups is 1. The number of carbonyl (C=O) groups excluding carboxylic acids is 1. The van der Waals surface area contributed by atoms with Crippen LogP contribution < -0.4 is 0 Å². The zero-order valence-corrected chi connectivity index (χ0v) is 7.75. The van der Waals surface area contributed by atoms with Crippen molar-refractivity contribution >= 4 is 17.2 Å². The molecule has 0 unspecified atom stereocenters. The van der Waals surface area contributed by atoms with Crippen LogP contribution in [0.5, 0.6) is 0 Å². The lowest BCUT2D eigenvalue weighted by molar-refractivity contribution is -0.385. The van der Waals surface area contributed by atoms with Crippen molar-refractivity contribution in [2.75, 3.05) is 0 Å². The van der Waals surface area contributed by atoms with Gasteiger partial charge < -0.3 is 0 Å². The summed E-state index contributed by atoms with van der Waals surface area (Å²) in [4.78, 5) is 23.5. The molecular formula is C8H6N4O3. The fourth-order valence-electron chi connectivity index (χ4n) is 1.08. The second-order valence-corrected chi connectivity index (χ2v) is 2.70. The minimum atomic E-state index is -0.656. The molecule has 0 fully saturated rings. The number of azide groups is 1. The van der Waals surface area contributed by atoms with Crippen molar-refractivity contribution in [2.45, 2.75) is 6.92 Å². The van der Waals surface area contributed by atoms with Gasteiger partial charge in [0, 0.05) is 16.7 Å². The lowest BCUT2D eigenvalue weighted by Crippen LogP contribution is -1.99. The van der Waals surface area contributed by atoms with E-state index in [1.54, 1.807) is 0 Å². The van der Waals surface area contributed by atoms with E-state index in [4.69, 9.17) is 5.53 Å². The zero-order valence-electron chi connectivity index (χ0n) is 7.75. The van der Waals surface area contributed by atoms with Crippen molar-refractivity contribution < 1.29 is 9.72 Å². The van der Waals surface area contributed by atoms with Crippen LogP contribution in [0, 0.1) is 10.1 Å². The molecule has 0 saturated heterocycles. The van der Waals surface area contributed by atoms with Crippen LogP contribution >= 0.6 is 0 Å². The lowest BCUT2D eigenvalue weighted by atomic mass is 10.1. The summed E-state index contributed by atoms with van der Waals surface area (Å²) in [5.74, 6) is -0.448. The molecule has 0 N–H and O–H groups in total. The minimum absolute atomic E-state index is 0.0649. The highest BCUT2D eigenvalue weighted by molar-refractivity contribution is 5.98. The molecule has 76 valence electrons. The maximum absolute atomic E-state index is 11.1. The first-order valence-electron chi connectivity index (χ1n) is 3.90. The Morgan fingerprint density at radius 1 is 1.60 bits per heavy atom. The summed E-state index contributed by atoms with van der Waals surface area (Å²) in [7, 11) is 0. The molecule has 15 heavy (non-hydrogen) atoms. The summed E-state index contributed by atoms with van der Waals surface area (Å²) >= 11 is 0. The van der Waals surface area contributed by atoms with Gasteiger partial charge in [-0.05, 0) is 24.6 Å². The number of hydrogen-bond acceptors (Lipinski definition) is 4. The molecule has 1 aromatic carbocycles. The van der Waals surface area contributed by atoms with Gasteiger partial charge in [-0.2, -0.15) is 0 Å². The second-order valence-electron chi connectivity index (χ2n) is 2.70. The minimum Gasteiger partial charge on any atom is -0.294 e. The van der Waals surface area contributed by atoms with Gasteiger partial charge in [-0.1, -0.05) is 5.11 Å². The van der Waals surface area contributed by atoms with E-state index < -0.39 is 10.7 Å². The van der Waals surface area contributed by atoms with Gasteiger partial charge in [0.25, 0.3) is 5.69 Å². The van der Waals surface area contributed by atoms with E-state index >= 15 is 0 Å². The third kappa shape index (κ3) is 2.29. The molecule has 0 amide bonds. The standard InChI is InChI=1S/C8H6N4O3/c1-5(13)7-4-6(10-11-9)2-3-8(7)12(14)15/h2-4H,1H3. The molecule has 0 saturated carbocycles. The van der Waals surface area contributed by atoms with E-state index in [2.05, 4.69) is 10.0 Å². The molecule has 1 aromatic rings. The van der Waals surface area contributed by atoms with E-state index in [9.17, 15) is 14.9 Å². The number of ketones is 1. The lowest BCUT2D eigenvalue weighted by Gasteiger charge is -1.99. The predicted molar refractivity (Wildman–Crippen MR) is 51.9 cm³/mol. The number of hydrogen-bond donors (Lipinski definition) is 0. The third-order valence-corrected chi connectivity index (χ3v) is 1.72. The van der Waals surface area contributed by atoms with E-state index in [-0.39, 0.29) is 16.9 Å². The van der Waals surface area contributed by atoms with E-state index in [1.807, 2.05) is 0 Å². The summed E-state index contributed by atoms with van der Waals surface area (Å²) in [6, 6.07) is 3.62.